The van der Waals surface area contributed by atoms with Crippen molar-refractivity contribution in [2.24, 2.45) is 0 Å². The standard InChI is InChI=1S/C16H26N2O2/c1-12(2)20-16-11-13(6-7-15(16)17)18-9-8-14-5-3-4-10-19-14/h6-7,11-12,14,18H,3-5,8-10,17H2,1-2H3. The summed E-state index contributed by atoms with van der Waals surface area (Å²) >= 11 is 0. The highest BCUT2D eigenvalue weighted by atomic mass is 16.5. The second kappa shape index (κ2) is 7.39. The summed E-state index contributed by atoms with van der Waals surface area (Å²) in [4.78, 5) is 0. The minimum Gasteiger partial charge on any atom is -0.489 e. The summed E-state index contributed by atoms with van der Waals surface area (Å²) in [5, 5.41) is 3.42. The summed E-state index contributed by atoms with van der Waals surface area (Å²) in [6.07, 6.45) is 5.27. The van der Waals surface area contributed by atoms with E-state index in [9.17, 15) is 0 Å². The Labute approximate surface area is 121 Å². The maximum Gasteiger partial charge on any atom is 0.144 e. The molecule has 0 spiro atoms. The quantitative estimate of drug-likeness (QED) is 0.783. The molecular weight excluding hydrogens is 252 g/mol. The van der Waals surface area contributed by atoms with E-state index >= 15 is 0 Å². The van der Waals surface area contributed by atoms with Gasteiger partial charge in [-0.05, 0) is 51.7 Å². The Kier molecular flexibility index (Phi) is 5.53. The number of nitrogen functional groups attached to an aromatic ring is 1. The lowest BCUT2D eigenvalue weighted by Crippen LogP contribution is -2.22. The average molecular weight is 278 g/mol. The fraction of sp³-hybridized carbons (Fsp3) is 0.625. The van der Waals surface area contributed by atoms with Gasteiger partial charge in [0.05, 0.1) is 17.9 Å². The van der Waals surface area contributed by atoms with Crippen molar-refractivity contribution >= 4 is 11.4 Å². The van der Waals surface area contributed by atoms with Crippen molar-refractivity contribution in [2.75, 3.05) is 24.2 Å². The van der Waals surface area contributed by atoms with Crippen molar-refractivity contribution in [3.63, 3.8) is 0 Å². The Morgan fingerprint density at radius 1 is 1.40 bits per heavy atom. The van der Waals surface area contributed by atoms with Crippen LogP contribution in [0.25, 0.3) is 0 Å². The molecule has 1 unspecified atom stereocenters. The van der Waals surface area contributed by atoms with E-state index in [2.05, 4.69) is 5.32 Å². The monoisotopic (exact) mass is 278 g/mol. The van der Waals surface area contributed by atoms with E-state index in [1.54, 1.807) is 0 Å². The van der Waals surface area contributed by atoms with Gasteiger partial charge in [0.25, 0.3) is 0 Å². The summed E-state index contributed by atoms with van der Waals surface area (Å²) in [7, 11) is 0. The number of nitrogens with one attached hydrogen (secondary N) is 1. The van der Waals surface area contributed by atoms with Gasteiger partial charge in [-0.1, -0.05) is 0 Å². The first-order valence-corrected chi connectivity index (χ1v) is 7.57. The molecule has 1 aromatic rings. The van der Waals surface area contributed by atoms with Crippen molar-refractivity contribution in [3.8, 4) is 5.75 Å². The van der Waals surface area contributed by atoms with Crippen LogP contribution in [0.1, 0.15) is 39.5 Å². The van der Waals surface area contributed by atoms with Crippen LogP contribution in [0.2, 0.25) is 0 Å². The lowest BCUT2D eigenvalue weighted by molar-refractivity contribution is 0.0134. The molecule has 0 radical (unpaired) electrons. The molecular formula is C16H26N2O2. The Morgan fingerprint density at radius 3 is 2.95 bits per heavy atom. The van der Waals surface area contributed by atoms with Gasteiger partial charge in [0, 0.05) is 24.9 Å². The van der Waals surface area contributed by atoms with Gasteiger partial charge in [-0.3, -0.25) is 0 Å². The van der Waals surface area contributed by atoms with E-state index in [0.29, 0.717) is 11.8 Å². The molecule has 1 aliphatic rings. The molecule has 4 nitrogen and oxygen atoms in total. The number of anilines is 2. The van der Waals surface area contributed by atoms with E-state index in [1.807, 2.05) is 32.0 Å². The van der Waals surface area contributed by atoms with Crippen LogP contribution in [0.5, 0.6) is 5.75 Å². The summed E-state index contributed by atoms with van der Waals surface area (Å²) in [6.45, 7) is 5.83. The van der Waals surface area contributed by atoms with Crippen molar-refractivity contribution in [1.29, 1.82) is 0 Å². The van der Waals surface area contributed by atoms with Gasteiger partial charge in [-0.25, -0.2) is 0 Å². The molecule has 0 bridgehead atoms. The molecule has 1 aromatic carbocycles. The number of ether oxygens (including phenoxy) is 2. The zero-order chi connectivity index (χ0) is 14.4. The van der Waals surface area contributed by atoms with Gasteiger partial charge in [-0.2, -0.15) is 0 Å². The van der Waals surface area contributed by atoms with E-state index < -0.39 is 0 Å². The van der Waals surface area contributed by atoms with Crippen molar-refractivity contribution in [3.05, 3.63) is 18.2 Å². The topological polar surface area (TPSA) is 56.5 Å². The summed E-state index contributed by atoms with van der Waals surface area (Å²) in [6, 6.07) is 5.85. The van der Waals surface area contributed by atoms with Crippen LogP contribution in [-0.4, -0.2) is 25.4 Å². The van der Waals surface area contributed by atoms with Gasteiger partial charge >= 0.3 is 0 Å². The van der Waals surface area contributed by atoms with E-state index in [0.717, 1.165) is 31.0 Å². The minimum atomic E-state index is 0.128. The third-order valence-electron chi connectivity index (χ3n) is 3.45. The first-order chi connectivity index (χ1) is 9.65. The number of rotatable bonds is 6. The Morgan fingerprint density at radius 2 is 2.25 bits per heavy atom. The maximum absolute atomic E-state index is 5.91. The van der Waals surface area contributed by atoms with Crippen molar-refractivity contribution < 1.29 is 9.47 Å². The van der Waals surface area contributed by atoms with E-state index in [4.69, 9.17) is 15.2 Å². The predicted octanol–water partition coefficient (Wildman–Crippen LogP) is 3.43. The Balaban J connectivity index is 1.82. The van der Waals surface area contributed by atoms with Crippen LogP contribution in [-0.2, 0) is 4.74 Å². The molecule has 1 atom stereocenters. The van der Waals surface area contributed by atoms with Crippen LogP contribution in [0, 0.1) is 0 Å². The number of hydrogen-bond acceptors (Lipinski definition) is 4. The fourth-order valence-electron chi connectivity index (χ4n) is 2.41. The van der Waals surface area contributed by atoms with Gasteiger partial charge in [0.2, 0.25) is 0 Å². The molecule has 112 valence electrons. The molecule has 0 saturated carbocycles. The van der Waals surface area contributed by atoms with Gasteiger partial charge in [-0.15, -0.1) is 0 Å². The summed E-state index contributed by atoms with van der Waals surface area (Å²) in [5.74, 6) is 0.749. The third-order valence-corrected chi connectivity index (χ3v) is 3.45. The number of hydrogen-bond donors (Lipinski definition) is 2. The molecule has 1 fully saturated rings. The minimum absolute atomic E-state index is 0.128. The van der Waals surface area contributed by atoms with Crippen LogP contribution in [0.4, 0.5) is 11.4 Å². The predicted molar refractivity (Wildman–Crippen MR) is 83.3 cm³/mol. The summed E-state index contributed by atoms with van der Waals surface area (Å²) in [5.41, 5.74) is 7.64. The van der Waals surface area contributed by atoms with Crippen molar-refractivity contribution in [1.82, 2.24) is 0 Å². The highest BCUT2D eigenvalue weighted by Crippen LogP contribution is 2.26. The zero-order valence-electron chi connectivity index (χ0n) is 12.5. The van der Waals surface area contributed by atoms with E-state index in [-0.39, 0.29) is 6.10 Å². The molecule has 0 aromatic heterocycles. The molecule has 2 rings (SSSR count). The second-order valence-electron chi connectivity index (χ2n) is 5.62. The van der Waals surface area contributed by atoms with Crippen LogP contribution < -0.4 is 15.8 Å². The molecule has 20 heavy (non-hydrogen) atoms. The molecule has 4 heteroatoms. The molecule has 0 aliphatic carbocycles. The zero-order valence-corrected chi connectivity index (χ0v) is 12.5. The Bertz CT molecular complexity index is 415. The third kappa shape index (κ3) is 4.60. The SMILES string of the molecule is CC(C)Oc1cc(NCCC2CCCCO2)ccc1N. The second-order valence-corrected chi connectivity index (χ2v) is 5.62. The molecule has 1 aliphatic heterocycles. The first kappa shape index (κ1) is 15.0. The van der Waals surface area contributed by atoms with E-state index in [1.165, 1.54) is 19.3 Å². The lowest BCUT2D eigenvalue weighted by atomic mass is 10.1. The maximum atomic E-state index is 5.91. The lowest BCUT2D eigenvalue weighted by Gasteiger charge is -2.22. The fourth-order valence-corrected chi connectivity index (χ4v) is 2.41. The van der Waals surface area contributed by atoms with Gasteiger partial charge in [0.15, 0.2) is 0 Å². The molecule has 1 heterocycles. The smallest absolute Gasteiger partial charge is 0.144 e. The molecule has 0 amide bonds. The molecule has 3 N–H and O–H groups in total. The van der Waals surface area contributed by atoms with Gasteiger partial charge in [0.1, 0.15) is 5.75 Å². The van der Waals surface area contributed by atoms with Crippen LogP contribution >= 0.6 is 0 Å². The van der Waals surface area contributed by atoms with Crippen LogP contribution in [0.15, 0.2) is 18.2 Å². The summed E-state index contributed by atoms with van der Waals surface area (Å²) < 4.78 is 11.4. The largest absolute Gasteiger partial charge is 0.489 e. The Hall–Kier alpha value is -1.42. The molecule has 1 saturated heterocycles. The van der Waals surface area contributed by atoms with Gasteiger partial charge < -0.3 is 20.5 Å². The first-order valence-electron chi connectivity index (χ1n) is 7.57. The average Bonchev–Trinajstić information content (AvgIpc) is 2.43. The highest BCUT2D eigenvalue weighted by molar-refractivity contribution is 5.61. The normalized spacial score (nSPS) is 19.1. The van der Waals surface area contributed by atoms with Crippen LogP contribution in [0.3, 0.4) is 0 Å². The number of nitrogens with two attached hydrogens (primary N) is 1. The van der Waals surface area contributed by atoms with Crippen molar-refractivity contribution in [2.45, 2.75) is 51.7 Å². The highest BCUT2D eigenvalue weighted by Gasteiger charge is 2.13. The number of benzene rings is 1.